The molecule has 0 heterocycles. The van der Waals surface area contributed by atoms with Gasteiger partial charge in [0.15, 0.2) is 0 Å². The first-order chi connectivity index (χ1) is 8.59. The fourth-order valence-corrected chi connectivity index (χ4v) is 2.97. The van der Waals surface area contributed by atoms with Gasteiger partial charge in [0.05, 0.1) is 0 Å². The Morgan fingerprint density at radius 3 is 2.67 bits per heavy atom. The normalized spacial score (nSPS) is 18.8. The lowest BCUT2D eigenvalue weighted by molar-refractivity contribution is 0.207. The van der Waals surface area contributed by atoms with Crippen LogP contribution in [0.5, 0.6) is 0 Å². The van der Waals surface area contributed by atoms with Gasteiger partial charge in [-0.25, -0.2) is 0 Å². The maximum atomic E-state index is 6.00. The van der Waals surface area contributed by atoms with Crippen molar-refractivity contribution >= 4 is 5.69 Å². The maximum absolute atomic E-state index is 6.00. The van der Waals surface area contributed by atoms with Gasteiger partial charge in [0.1, 0.15) is 0 Å². The van der Waals surface area contributed by atoms with E-state index in [4.69, 9.17) is 5.73 Å². The number of anilines is 1. The van der Waals surface area contributed by atoms with Crippen molar-refractivity contribution < 1.29 is 0 Å². The van der Waals surface area contributed by atoms with Gasteiger partial charge in [-0.15, -0.1) is 0 Å². The molecule has 0 amide bonds. The maximum Gasteiger partial charge on any atom is 0.0359 e. The number of hydrogen-bond donors (Lipinski definition) is 2. The average Bonchev–Trinajstić information content (AvgIpc) is 2.34. The van der Waals surface area contributed by atoms with Crippen molar-refractivity contribution in [1.82, 2.24) is 5.32 Å². The van der Waals surface area contributed by atoms with E-state index in [9.17, 15) is 0 Å². The van der Waals surface area contributed by atoms with E-state index in [1.165, 1.54) is 43.2 Å². The zero-order valence-corrected chi connectivity index (χ0v) is 11.8. The summed E-state index contributed by atoms with van der Waals surface area (Å²) in [6.07, 6.45) is 6.93. The second-order valence-corrected chi connectivity index (χ2v) is 6.18. The highest BCUT2D eigenvalue weighted by atomic mass is 14.9. The van der Waals surface area contributed by atoms with Crippen molar-refractivity contribution in [3.63, 3.8) is 0 Å². The topological polar surface area (TPSA) is 38.0 Å². The molecule has 0 spiro atoms. The first-order valence-electron chi connectivity index (χ1n) is 7.15. The molecule has 0 aromatic heterocycles. The van der Waals surface area contributed by atoms with E-state index in [-0.39, 0.29) is 0 Å². The summed E-state index contributed by atoms with van der Waals surface area (Å²) in [6, 6.07) is 6.27. The minimum absolute atomic E-state index is 0.497. The predicted octanol–water partition coefficient (Wildman–Crippen LogP) is 3.64. The molecule has 18 heavy (non-hydrogen) atoms. The molecule has 1 saturated carbocycles. The standard InChI is InChI=1S/C16H26N2/c1-13-6-7-15(17)14(10-13)11-18-12-16(2)8-4-3-5-9-16/h6-7,10,18H,3-5,8-9,11-12,17H2,1-2H3. The van der Waals surface area contributed by atoms with Gasteiger partial charge >= 0.3 is 0 Å². The van der Waals surface area contributed by atoms with E-state index in [2.05, 4.69) is 31.3 Å². The molecule has 0 bridgehead atoms. The highest BCUT2D eigenvalue weighted by Crippen LogP contribution is 2.35. The van der Waals surface area contributed by atoms with Crippen LogP contribution in [0, 0.1) is 12.3 Å². The van der Waals surface area contributed by atoms with Gasteiger partial charge in [0.25, 0.3) is 0 Å². The third kappa shape index (κ3) is 3.49. The molecular formula is C16H26N2. The Hall–Kier alpha value is -1.02. The highest BCUT2D eigenvalue weighted by molar-refractivity contribution is 5.48. The lowest BCUT2D eigenvalue weighted by atomic mass is 9.76. The number of nitrogen functional groups attached to an aromatic ring is 1. The Bertz CT molecular complexity index is 392. The van der Waals surface area contributed by atoms with Crippen molar-refractivity contribution in [2.75, 3.05) is 12.3 Å². The third-order valence-electron chi connectivity index (χ3n) is 4.23. The van der Waals surface area contributed by atoms with E-state index in [1.807, 2.05) is 6.07 Å². The summed E-state index contributed by atoms with van der Waals surface area (Å²) in [5.74, 6) is 0. The minimum atomic E-state index is 0.497. The molecule has 1 aromatic carbocycles. The van der Waals surface area contributed by atoms with Crippen molar-refractivity contribution in [1.29, 1.82) is 0 Å². The molecular weight excluding hydrogens is 220 g/mol. The quantitative estimate of drug-likeness (QED) is 0.796. The molecule has 2 heteroatoms. The molecule has 1 aliphatic carbocycles. The van der Waals surface area contributed by atoms with Crippen LogP contribution in [-0.2, 0) is 6.54 Å². The second-order valence-electron chi connectivity index (χ2n) is 6.18. The van der Waals surface area contributed by atoms with Gasteiger partial charge in [0.2, 0.25) is 0 Å². The Labute approximate surface area is 111 Å². The first-order valence-corrected chi connectivity index (χ1v) is 7.15. The summed E-state index contributed by atoms with van der Waals surface area (Å²) in [4.78, 5) is 0. The fourth-order valence-electron chi connectivity index (χ4n) is 2.97. The smallest absolute Gasteiger partial charge is 0.0359 e. The number of nitrogens with two attached hydrogens (primary N) is 1. The van der Waals surface area contributed by atoms with Gasteiger partial charge in [-0.3, -0.25) is 0 Å². The zero-order chi connectivity index (χ0) is 13.0. The lowest BCUT2D eigenvalue weighted by Crippen LogP contribution is -2.33. The average molecular weight is 246 g/mol. The van der Waals surface area contributed by atoms with E-state index in [1.54, 1.807) is 0 Å². The second kappa shape index (κ2) is 5.75. The van der Waals surface area contributed by atoms with Gasteiger partial charge in [-0.05, 0) is 36.8 Å². The van der Waals surface area contributed by atoms with Gasteiger partial charge in [-0.2, -0.15) is 0 Å². The summed E-state index contributed by atoms with van der Waals surface area (Å²) >= 11 is 0. The minimum Gasteiger partial charge on any atom is -0.398 e. The molecule has 1 fully saturated rings. The van der Waals surface area contributed by atoms with E-state index >= 15 is 0 Å². The van der Waals surface area contributed by atoms with Gasteiger partial charge in [-0.1, -0.05) is 43.9 Å². The molecule has 1 aromatic rings. The summed E-state index contributed by atoms with van der Waals surface area (Å²) < 4.78 is 0. The number of rotatable bonds is 4. The van der Waals surface area contributed by atoms with Crippen LogP contribution in [0.15, 0.2) is 18.2 Å². The van der Waals surface area contributed by atoms with Crippen molar-refractivity contribution in [2.24, 2.45) is 5.41 Å². The summed E-state index contributed by atoms with van der Waals surface area (Å²) in [5, 5.41) is 3.60. The number of benzene rings is 1. The van der Waals surface area contributed by atoms with Crippen LogP contribution in [0.1, 0.15) is 50.2 Å². The van der Waals surface area contributed by atoms with E-state index < -0.39 is 0 Å². The van der Waals surface area contributed by atoms with E-state index in [0.29, 0.717) is 5.41 Å². The Morgan fingerprint density at radius 1 is 1.22 bits per heavy atom. The third-order valence-corrected chi connectivity index (χ3v) is 4.23. The predicted molar refractivity (Wildman–Crippen MR) is 78.5 cm³/mol. The van der Waals surface area contributed by atoms with Crippen LogP contribution >= 0.6 is 0 Å². The fraction of sp³-hybridized carbons (Fsp3) is 0.625. The summed E-state index contributed by atoms with van der Waals surface area (Å²) in [6.45, 7) is 6.54. The largest absolute Gasteiger partial charge is 0.398 e. The first kappa shape index (κ1) is 13.4. The Kier molecular flexibility index (Phi) is 4.28. The molecule has 0 unspecified atom stereocenters. The lowest BCUT2D eigenvalue weighted by Gasteiger charge is -2.33. The molecule has 0 atom stereocenters. The van der Waals surface area contributed by atoms with Crippen molar-refractivity contribution in [3.8, 4) is 0 Å². The molecule has 0 aliphatic heterocycles. The molecule has 1 aliphatic rings. The van der Waals surface area contributed by atoms with Crippen LogP contribution in [-0.4, -0.2) is 6.54 Å². The zero-order valence-electron chi connectivity index (χ0n) is 11.8. The molecule has 2 rings (SSSR count). The monoisotopic (exact) mass is 246 g/mol. The van der Waals surface area contributed by atoms with Crippen LogP contribution in [0.3, 0.4) is 0 Å². The molecule has 0 saturated heterocycles. The molecule has 0 radical (unpaired) electrons. The van der Waals surface area contributed by atoms with Gasteiger partial charge < -0.3 is 11.1 Å². The Morgan fingerprint density at radius 2 is 1.94 bits per heavy atom. The SMILES string of the molecule is Cc1ccc(N)c(CNCC2(C)CCCCC2)c1. The number of nitrogens with one attached hydrogen (secondary N) is 1. The molecule has 3 N–H and O–H groups in total. The van der Waals surface area contributed by atoms with Crippen molar-refractivity contribution in [2.45, 2.75) is 52.5 Å². The summed E-state index contributed by atoms with van der Waals surface area (Å²) in [5.41, 5.74) is 9.92. The highest BCUT2D eigenvalue weighted by Gasteiger charge is 2.25. The number of aryl methyl sites for hydroxylation is 1. The van der Waals surface area contributed by atoms with Crippen LogP contribution in [0.4, 0.5) is 5.69 Å². The molecule has 2 nitrogen and oxygen atoms in total. The van der Waals surface area contributed by atoms with Crippen LogP contribution in [0.2, 0.25) is 0 Å². The van der Waals surface area contributed by atoms with Crippen LogP contribution < -0.4 is 11.1 Å². The summed E-state index contributed by atoms with van der Waals surface area (Å²) in [7, 11) is 0. The molecule has 100 valence electrons. The number of hydrogen-bond acceptors (Lipinski definition) is 2. The van der Waals surface area contributed by atoms with Crippen LogP contribution in [0.25, 0.3) is 0 Å². The van der Waals surface area contributed by atoms with Crippen molar-refractivity contribution in [3.05, 3.63) is 29.3 Å². The van der Waals surface area contributed by atoms with Gasteiger partial charge in [0, 0.05) is 18.8 Å². The Balaban J connectivity index is 1.86. The van der Waals surface area contributed by atoms with E-state index in [0.717, 1.165) is 18.8 Å².